The van der Waals surface area contributed by atoms with Crippen LogP contribution in [0, 0.1) is 12.8 Å². The van der Waals surface area contributed by atoms with Gasteiger partial charge >= 0.3 is 0 Å². The molecule has 2 aromatic carbocycles. The zero-order chi connectivity index (χ0) is 21.7. The first-order chi connectivity index (χ1) is 14.3. The van der Waals surface area contributed by atoms with Gasteiger partial charge in [-0.05, 0) is 67.6 Å². The van der Waals surface area contributed by atoms with Crippen LogP contribution in [0.4, 0.5) is 5.69 Å². The standard InChI is InChI=1S/C22H28N2O5S/c1-16-10-12-24(13-11-16)30(26,27)19-7-5-18(6-8-19)23-22(25)15-29-20-9-4-17(2)14-21(20)28-3/h4-9,14,16H,10-13,15H2,1-3H3,(H,23,25). The quantitative estimate of drug-likeness (QED) is 0.724. The minimum atomic E-state index is -3.51. The highest BCUT2D eigenvalue weighted by Crippen LogP contribution is 2.28. The van der Waals surface area contributed by atoms with Gasteiger partial charge in [0.25, 0.3) is 5.91 Å². The summed E-state index contributed by atoms with van der Waals surface area (Å²) in [5, 5.41) is 2.71. The zero-order valence-corrected chi connectivity index (χ0v) is 18.4. The molecule has 1 aliphatic rings. The van der Waals surface area contributed by atoms with Crippen LogP contribution < -0.4 is 14.8 Å². The Morgan fingerprint density at radius 2 is 1.77 bits per heavy atom. The molecule has 0 bridgehead atoms. The number of sulfonamides is 1. The molecule has 3 rings (SSSR count). The maximum atomic E-state index is 12.8. The number of rotatable bonds is 7. The second kappa shape index (κ2) is 9.49. The number of amides is 1. The third-order valence-electron chi connectivity index (χ3n) is 5.20. The Labute approximate surface area is 178 Å². The van der Waals surface area contributed by atoms with E-state index in [-0.39, 0.29) is 17.4 Å². The van der Waals surface area contributed by atoms with E-state index in [1.807, 2.05) is 19.1 Å². The Morgan fingerprint density at radius 3 is 2.40 bits per heavy atom. The molecule has 162 valence electrons. The van der Waals surface area contributed by atoms with Gasteiger partial charge in [0.2, 0.25) is 10.0 Å². The Kier molecular flexibility index (Phi) is 6.99. The number of anilines is 1. The van der Waals surface area contributed by atoms with Gasteiger partial charge in [0.1, 0.15) is 0 Å². The minimum Gasteiger partial charge on any atom is -0.493 e. The lowest BCUT2D eigenvalue weighted by Crippen LogP contribution is -2.37. The number of methoxy groups -OCH3 is 1. The molecule has 1 aliphatic heterocycles. The molecule has 0 aliphatic carbocycles. The van der Waals surface area contributed by atoms with Crippen LogP contribution in [0.3, 0.4) is 0 Å². The second-order valence-electron chi connectivity index (χ2n) is 7.60. The second-order valence-corrected chi connectivity index (χ2v) is 9.54. The first-order valence-electron chi connectivity index (χ1n) is 9.97. The van der Waals surface area contributed by atoms with Gasteiger partial charge < -0.3 is 14.8 Å². The SMILES string of the molecule is COc1cc(C)ccc1OCC(=O)Nc1ccc(S(=O)(=O)N2CCC(C)CC2)cc1. The third kappa shape index (κ3) is 5.31. The van der Waals surface area contributed by atoms with Crippen LogP contribution >= 0.6 is 0 Å². The molecule has 0 aromatic heterocycles. The van der Waals surface area contributed by atoms with E-state index in [1.54, 1.807) is 25.3 Å². The van der Waals surface area contributed by atoms with Gasteiger partial charge in [-0.15, -0.1) is 0 Å². The Morgan fingerprint density at radius 1 is 1.10 bits per heavy atom. The molecule has 8 heteroatoms. The van der Waals surface area contributed by atoms with E-state index in [0.717, 1.165) is 18.4 Å². The number of aryl methyl sites for hydroxylation is 1. The molecule has 2 aromatic rings. The van der Waals surface area contributed by atoms with Crippen molar-refractivity contribution in [3.05, 3.63) is 48.0 Å². The zero-order valence-electron chi connectivity index (χ0n) is 17.6. The van der Waals surface area contributed by atoms with Crippen LogP contribution in [0.1, 0.15) is 25.3 Å². The van der Waals surface area contributed by atoms with Gasteiger partial charge in [-0.1, -0.05) is 13.0 Å². The molecular formula is C22H28N2O5S. The van der Waals surface area contributed by atoms with Crippen molar-refractivity contribution in [2.24, 2.45) is 5.92 Å². The summed E-state index contributed by atoms with van der Waals surface area (Å²) >= 11 is 0. The summed E-state index contributed by atoms with van der Waals surface area (Å²) in [5.74, 6) is 1.24. The predicted octanol–water partition coefficient (Wildman–Crippen LogP) is 3.44. The predicted molar refractivity (Wildman–Crippen MR) is 115 cm³/mol. The van der Waals surface area contributed by atoms with Crippen molar-refractivity contribution in [3.8, 4) is 11.5 Å². The Balaban J connectivity index is 1.58. The molecule has 0 atom stereocenters. The number of carbonyl (C=O) groups is 1. The number of hydrogen-bond donors (Lipinski definition) is 1. The molecule has 0 saturated carbocycles. The molecule has 1 amide bonds. The number of ether oxygens (including phenoxy) is 2. The van der Waals surface area contributed by atoms with Crippen molar-refractivity contribution in [3.63, 3.8) is 0 Å². The molecule has 1 heterocycles. The third-order valence-corrected chi connectivity index (χ3v) is 7.11. The van der Waals surface area contributed by atoms with Crippen molar-refractivity contribution in [2.75, 3.05) is 32.1 Å². The molecule has 1 N–H and O–H groups in total. The van der Waals surface area contributed by atoms with Crippen LogP contribution in [0.25, 0.3) is 0 Å². The Bertz CT molecular complexity index is 981. The number of nitrogens with zero attached hydrogens (tertiary/aromatic N) is 1. The van der Waals surface area contributed by atoms with Crippen LogP contribution in [0.15, 0.2) is 47.4 Å². The molecule has 30 heavy (non-hydrogen) atoms. The van der Waals surface area contributed by atoms with Crippen LogP contribution in [0.2, 0.25) is 0 Å². The molecule has 0 unspecified atom stereocenters. The number of carbonyl (C=O) groups excluding carboxylic acids is 1. The largest absolute Gasteiger partial charge is 0.493 e. The van der Waals surface area contributed by atoms with E-state index >= 15 is 0 Å². The molecule has 0 spiro atoms. The van der Waals surface area contributed by atoms with E-state index < -0.39 is 10.0 Å². The highest BCUT2D eigenvalue weighted by molar-refractivity contribution is 7.89. The van der Waals surface area contributed by atoms with E-state index in [9.17, 15) is 13.2 Å². The van der Waals surface area contributed by atoms with E-state index in [1.165, 1.54) is 16.4 Å². The van der Waals surface area contributed by atoms with Gasteiger partial charge in [0, 0.05) is 18.8 Å². The topological polar surface area (TPSA) is 84.9 Å². The summed E-state index contributed by atoms with van der Waals surface area (Å²) in [7, 11) is -1.96. The summed E-state index contributed by atoms with van der Waals surface area (Å²) < 4.78 is 37.9. The van der Waals surface area contributed by atoms with Crippen molar-refractivity contribution >= 4 is 21.6 Å². The van der Waals surface area contributed by atoms with Crippen molar-refractivity contribution in [1.29, 1.82) is 0 Å². The van der Waals surface area contributed by atoms with Gasteiger partial charge in [-0.3, -0.25) is 4.79 Å². The van der Waals surface area contributed by atoms with E-state index in [0.29, 0.717) is 36.2 Å². The maximum Gasteiger partial charge on any atom is 0.262 e. The summed E-state index contributed by atoms with van der Waals surface area (Å²) in [6, 6.07) is 11.7. The van der Waals surface area contributed by atoms with Gasteiger partial charge in [0.05, 0.1) is 12.0 Å². The highest BCUT2D eigenvalue weighted by Gasteiger charge is 2.27. The first-order valence-corrected chi connectivity index (χ1v) is 11.4. The van der Waals surface area contributed by atoms with Crippen LogP contribution in [-0.2, 0) is 14.8 Å². The summed E-state index contributed by atoms with van der Waals surface area (Å²) in [4.78, 5) is 12.4. The fourth-order valence-electron chi connectivity index (χ4n) is 3.32. The lowest BCUT2D eigenvalue weighted by Gasteiger charge is -2.29. The van der Waals surface area contributed by atoms with Gasteiger partial charge in [-0.2, -0.15) is 4.31 Å². The van der Waals surface area contributed by atoms with Gasteiger partial charge in [-0.25, -0.2) is 8.42 Å². The molecule has 0 radical (unpaired) electrons. The molecular weight excluding hydrogens is 404 g/mol. The molecule has 1 fully saturated rings. The minimum absolute atomic E-state index is 0.189. The molecule has 1 saturated heterocycles. The van der Waals surface area contributed by atoms with E-state index in [4.69, 9.17) is 9.47 Å². The Hall–Kier alpha value is -2.58. The van der Waals surface area contributed by atoms with E-state index in [2.05, 4.69) is 12.2 Å². The number of piperidine rings is 1. The van der Waals surface area contributed by atoms with Crippen molar-refractivity contribution in [1.82, 2.24) is 4.31 Å². The number of benzene rings is 2. The maximum absolute atomic E-state index is 12.8. The van der Waals surface area contributed by atoms with Crippen LogP contribution in [-0.4, -0.2) is 45.4 Å². The average molecular weight is 433 g/mol. The van der Waals surface area contributed by atoms with Crippen LogP contribution in [0.5, 0.6) is 11.5 Å². The summed E-state index contributed by atoms with van der Waals surface area (Å²) in [5.41, 5.74) is 1.53. The summed E-state index contributed by atoms with van der Waals surface area (Å²) in [6.45, 7) is 4.98. The van der Waals surface area contributed by atoms with Crippen molar-refractivity contribution < 1.29 is 22.7 Å². The smallest absolute Gasteiger partial charge is 0.262 e. The highest BCUT2D eigenvalue weighted by atomic mass is 32.2. The molecule has 7 nitrogen and oxygen atoms in total. The fourth-order valence-corrected chi connectivity index (χ4v) is 4.79. The summed E-state index contributed by atoms with van der Waals surface area (Å²) in [6.07, 6.45) is 1.75. The van der Waals surface area contributed by atoms with Gasteiger partial charge in [0.15, 0.2) is 18.1 Å². The van der Waals surface area contributed by atoms with Crippen molar-refractivity contribution in [2.45, 2.75) is 31.6 Å². The lowest BCUT2D eigenvalue weighted by molar-refractivity contribution is -0.118. The normalized spacial score (nSPS) is 15.6. The first kappa shape index (κ1) is 22.1. The average Bonchev–Trinajstić information content (AvgIpc) is 2.73. The number of hydrogen-bond acceptors (Lipinski definition) is 5. The monoisotopic (exact) mass is 432 g/mol. The number of nitrogens with one attached hydrogen (secondary N) is 1. The fraction of sp³-hybridized carbons (Fsp3) is 0.409. The lowest BCUT2D eigenvalue weighted by atomic mass is 10.0.